The summed E-state index contributed by atoms with van der Waals surface area (Å²) in [7, 11) is 0. The molecule has 0 bridgehead atoms. The van der Waals surface area contributed by atoms with Crippen LogP contribution in [0, 0.1) is 5.92 Å². The second-order valence-electron chi connectivity index (χ2n) is 3.25. The monoisotopic (exact) mass is 186 g/mol. The van der Waals surface area contributed by atoms with Crippen LogP contribution in [0.3, 0.4) is 0 Å². The van der Waals surface area contributed by atoms with Crippen molar-refractivity contribution in [1.82, 2.24) is 0 Å². The van der Waals surface area contributed by atoms with Gasteiger partial charge in [0, 0.05) is 19.6 Å². The van der Waals surface area contributed by atoms with Crippen LogP contribution >= 0.6 is 0 Å². The van der Waals surface area contributed by atoms with Gasteiger partial charge in [-0.05, 0) is 19.8 Å². The molecule has 78 valence electrons. The largest absolute Gasteiger partial charge is 0.353 e. The summed E-state index contributed by atoms with van der Waals surface area (Å²) in [6, 6.07) is 0. The fourth-order valence-electron chi connectivity index (χ4n) is 1.02. The van der Waals surface area contributed by atoms with E-state index in [1.54, 1.807) is 0 Å². The van der Waals surface area contributed by atoms with Crippen molar-refractivity contribution in [2.45, 2.75) is 40.4 Å². The maximum Gasteiger partial charge on any atom is 0.160 e. The molecule has 0 aromatic heterocycles. The fraction of sp³-hybridized carbons (Fsp3) is 0.818. The number of rotatable bonds is 7. The van der Waals surface area contributed by atoms with E-state index in [1.165, 1.54) is 0 Å². The van der Waals surface area contributed by atoms with Gasteiger partial charge in [-0.1, -0.05) is 26.0 Å². The first kappa shape index (κ1) is 12.7. The molecule has 0 fully saturated rings. The molecule has 0 amide bonds. The van der Waals surface area contributed by atoms with Crippen LogP contribution < -0.4 is 0 Å². The molecule has 0 atom stereocenters. The minimum Gasteiger partial charge on any atom is -0.353 e. The number of hydrogen-bond acceptors (Lipinski definition) is 2. The van der Waals surface area contributed by atoms with Gasteiger partial charge in [0.2, 0.25) is 0 Å². The van der Waals surface area contributed by atoms with Crippen molar-refractivity contribution in [1.29, 1.82) is 0 Å². The van der Waals surface area contributed by atoms with E-state index in [1.807, 2.05) is 13.8 Å². The first-order valence-electron chi connectivity index (χ1n) is 5.10. The Morgan fingerprint density at radius 3 is 2.00 bits per heavy atom. The molecule has 0 heterocycles. The molecular formula is C11H22O2. The Hall–Kier alpha value is -0.340. The van der Waals surface area contributed by atoms with Crippen molar-refractivity contribution in [2.24, 2.45) is 5.92 Å². The van der Waals surface area contributed by atoms with Crippen LogP contribution in [-0.2, 0) is 9.47 Å². The Labute approximate surface area is 81.9 Å². The third-order valence-corrected chi connectivity index (χ3v) is 1.55. The van der Waals surface area contributed by atoms with Crippen LogP contribution in [0.25, 0.3) is 0 Å². The van der Waals surface area contributed by atoms with E-state index in [0.717, 1.165) is 6.42 Å². The summed E-state index contributed by atoms with van der Waals surface area (Å²) in [5.74, 6) is 0.601. The first-order chi connectivity index (χ1) is 6.20. The average molecular weight is 186 g/mol. The zero-order valence-electron chi connectivity index (χ0n) is 9.25. The number of allylic oxidation sites excluding steroid dienone is 1. The van der Waals surface area contributed by atoms with Crippen LogP contribution in [0.2, 0.25) is 0 Å². The van der Waals surface area contributed by atoms with E-state index in [9.17, 15) is 0 Å². The summed E-state index contributed by atoms with van der Waals surface area (Å²) in [5, 5.41) is 0. The van der Waals surface area contributed by atoms with Crippen molar-refractivity contribution in [3.05, 3.63) is 12.2 Å². The molecule has 0 rings (SSSR count). The topological polar surface area (TPSA) is 18.5 Å². The Balaban J connectivity index is 3.67. The van der Waals surface area contributed by atoms with Gasteiger partial charge in [-0.3, -0.25) is 0 Å². The predicted molar refractivity (Wildman–Crippen MR) is 55.6 cm³/mol. The summed E-state index contributed by atoms with van der Waals surface area (Å²) in [6.07, 6.45) is 5.08. The van der Waals surface area contributed by atoms with E-state index in [0.29, 0.717) is 19.1 Å². The smallest absolute Gasteiger partial charge is 0.160 e. The summed E-state index contributed by atoms with van der Waals surface area (Å²) in [5.41, 5.74) is 0. The van der Waals surface area contributed by atoms with E-state index in [4.69, 9.17) is 9.47 Å². The Morgan fingerprint density at radius 1 is 1.08 bits per heavy atom. The van der Waals surface area contributed by atoms with Gasteiger partial charge in [-0.15, -0.1) is 0 Å². The SMILES string of the molecule is CCOC(C/C=C/C(C)C)OCC. The van der Waals surface area contributed by atoms with Crippen molar-refractivity contribution < 1.29 is 9.47 Å². The molecule has 0 aromatic carbocycles. The molecule has 0 aliphatic rings. The lowest BCUT2D eigenvalue weighted by molar-refractivity contribution is -0.133. The maximum absolute atomic E-state index is 5.39. The minimum absolute atomic E-state index is 0.0648. The second kappa shape index (κ2) is 8.27. The van der Waals surface area contributed by atoms with Crippen LogP contribution in [0.15, 0.2) is 12.2 Å². The standard InChI is InChI=1S/C11H22O2/c1-5-12-11(13-6-2)9-7-8-10(3)4/h7-8,10-11H,5-6,9H2,1-4H3/b8-7+. The fourth-order valence-corrected chi connectivity index (χ4v) is 1.02. The average Bonchev–Trinajstić information content (AvgIpc) is 2.04. The first-order valence-corrected chi connectivity index (χ1v) is 5.10. The van der Waals surface area contributed by atoms with Crippen molar-refractivity contribution >= 4 is 0 Å². The van der Waals surface area contributed by atoms with E-state index < -0.39 is 0 Å². The Kier molecular flexibility index (Phi) is 8.05. The molecule has 0 N–H and O–H groups in total. The number of ether oxygens (including phenoxy) is 2. The summed E-state index contributed by atoms with van der Waals surface area (Å²) in [4.78, 5) is 0. The highest BCUT2D eigenvalue weighted by Gasteiger charge is 2.04. The third kappa shape index (κ3) is 8.00. The van der Waals surface area contributed by atoms with Gasteiger partial charge in [0.1, 0.15) is 0 Å². The molecule has 0 saturated carbocycles. The lowest BCUT2D eigenvalue weighted by Crippen LogP contribution is -2.16. The third-order valence-electron chi connectivity index (χ3n) is 1.55. The van der Waals surface area contributed by atoms with E-state index >= 15 is 0 Å². The van der Waals surface area contributed by atoms with Gasteiger partial charge < -0.3 is 9.47 Å². The molecule has 2 nitrogen and oxygen atoms in total. The van der Waals surface area contributed by atoms with Gasteiger partial charge in [0.05, 0.1) is 0 Å². The molecule has 0 aliphatic carbocycles. The highest BCUT2D eigenvalue weighted by molar-refractivity contribution is 4.85. The summed E-state index contributed by atoms with van der Waals surface area (Å²) in [6.45, 7) is 9.70. The second-order valence-corrected chi connectivity index (χ2v) is 3.25. The molecule has 2 heteroatoms. The van der Waals surface area contributed by atoms with Crippen molar-refractivity contribution in [2.75, 3.05) is 13.2 Å². The van der Waals surface area contributed by atoms with Crippen LogP contribution in [0.4, 0.5) is 0 Å². The van der Waals surface area contributed by atoms with Gasteiger partial charge in [-0.25, -0.2) is 0 Å². The molecule has 0 saturated heterocycles. The zero-order chi connectivity index (χ0) is 10.1. The molecule has 0 radical (unpaired) electrons. The van der Waals surface area contributed by atoms with Gasteiger partial charge >= 0.3 is 0 Å². The highest BCUT2D eigenvalue weighted by Crippen LogP contribution is 2.04. The lowest BCUT2D eigenvalue weighted by atomic mass is 10.2. The zero-order valence-corrected chi connectivity index (χ0v) is 9.25. The normalized spacial score (nSPS) is 12.2. The summed E-state index contributed by atoms with van der Waals surface area (Å²) >= 11 is 0. The van der Waals surface area contributed by atoms with Crippen LogP contribution in [-0.4, -0.2) is 19.5 Å². The van der Waals surface area contributed by atoms with Crippen molar-refractivity contribution in [3.63, 3.8) is 0 Å². The molecule has 13 heavy (non-hydrogen) atoms. The van der Waals surface area contributed by atoms with Gasteiger partial charge in [-0.2, -0.15) is 0 Å². The van der Waals surface area contributed by atoms with Crippen LogP contribution in [0.1, 0.15) is 34.1 Å². The molecule has 0 aliphatic heterocycles. The predicted octanol–water partition coefficient (Wildman–Crippen LogP) is 2.99. The van der Waals surface area contributed by atoms with Crippen LogP contribution in [0.5, 0.6) is 0 Å². The minimum atomic E-state index is -0.0648. The molecule has 0 spiro atoms. The Morgan fingerprint density at radius 2 is 1.62 bits per heavy atom. The quantitative estimate of drug-likeness (QED) is 0.449. The van der Waals surface area contributed by atoms with Gasteiger partial charge in [0.25, 0.3) is 0 Å². The Bertz CT molecular complexity index is 124. The van der Waals surface area contributed by atoms with E-state index in [2.05, 4.69) is 26.0 Å². The molecule has 0 aromatic rings. The number of hydrogen-bond donors (Lipinski definition) is 0. The van der Waals surface area contributed by atoms with E-state index in [-0.39, 0.29) is 6.29 Å². The summed E-state index contributed by atoms with van der Waals surface area (Å²) < 4.78 is 10.8. The van der Waals surface area contributed by atoms with Gasteiger partial charge in [0.15, 0.2) is 6.29 Å². The van der Waals surface area contributed by atoms with Crippen molar-refractivity contribution in [3.8, 4) is 0 Å². The molecule has 0 unspecified atom stereocenters. The lowest BCUT2D eigenvalue weighted by Gasteiger charge is -2.14. The highest BCUT2D eigenvalue weighted by atomic mass is 16.7. The molecular weight excluding hydrogens is 164 g/mol. The maximum atomic E-state index is 5.39.